The van der Waals surface area contributed by atoms with Gasteiger partial charge in [0.25, 0.3) is 0 Å². The van der Waals surface area contributed by atoms with Crippen LogP contribution in [0.2, 0.25) is 0 Å². The van der Waals surface area contributed by atoms with Crippen molar-refractivity contribution in [3.8, 4) is 0 Å². The third kappa shape index (κ3) is 5.90. The minimum atomic E-state index is -4.37. The average Bonchev–Trinajstić information content (AvgIpc) is 2.51. The van der Waals surface area contributed by atoms with E-state index in [2.05, 4.69) is 10.2 Å². The molecule has 11 heteroatoms. The van der Waals surface area contributed by atoms with Crippen molar-refractivity contribution in [2.75, 3.05) is 17.8 Å². The fourth-order valence-corrected chi connectivity index (χ4v) is 3.10. The lowest BCUT2D eigenvalue weighted by atomic mass is 10.3. The van der Waals surface area contributed by atoms with E-state index < -0.39 is 26.0 Å². The minimum absolute atomic E-state index is 0.0697. The van der Waals surface area contributed by atoms with E-state index in [4.69, 9.17) is 5.14 Å². The zero-order chi connectivity index (χ0) is 18.7. The lowest BCUT2D eigenvalue weighted by molar-refractivity contribution is 0.462. The number of nitrogens with zero attached hydrogens (tertiary/aromatic N) is 3. The molecule has 0 saturated heterocycles. The molecule has 2 aromatic rings. The van der Waals surface area contributed by atoms with Gasteiger partial charge in [0.15, 0.2) is 0 Å². The summed E-state index contributed by atoms with van der Waals surface area (Å²) in [5, 5.41) is 12.9. The summed E-state index contributed by atoms with van der Waals surface area (Å²) < 4.78 is 54.9. The summed E-state index contributed by atoms with van der Waals surface area (Å²) in [5.74, 6) is -0.645. The first-order valence-corrected chi connectivity index (χ1v) is 9.96. The molecule has 9 nitrogen and oxygen atoms in total. The highest BCUT2D eigenvalue weighted by Crippen LogP contribution is 2.23. The van der Waals surface area contributed by atoms with E-state index in [0.717, 1.165) is 0 Å². The van der Waals surface area contributed by atoms with Gasteiger partial charge in [-0.05, 0) is 42.5 Å². The van der Waals surface area contributed by atoms with Crippen LogP contribution >= 0.6 is 0 Å². The molecule has 25 heavy (non-hydrogen) atoms. The molecule has 0 spiro atoms. The summed E-state index contributed by atoms with van der Waals surface area (Å²) >= 11 is 0. The van der Waals surface area contributed by atoms with Crippen LogP contribution in [0.3, 0.4) is 0 Å². The summed E-state index contributed by atoms with van der Waals surface area (Å²) in [4.78, 5) is 1.22. The number of primary sulfonamides is 1. The summed E-state index contributed by atoms with van der Waals surface area (Å²) in [6.45, 7) is 0. The van der Waals surface area contributed by atoms with Crippen LogP contribution in [-0.4, -0.2) is 34.3 Å². The van der Waals surface area contributed by atoms with Crippen LogP contribution in [0.4, 0.5) is 17.1 Å². The third-order valence-electron chi connectivity index (χ3n) is 3.07. The Bertz CT molecular complexity index is 986. The SMILES string of the molecule is CN(CS(=O)(=O)[O-])c1ccc(N=Nc2cccc(S(N)(=O)=O)c2)cc1. The number of hydrogen-bond donors (Lipinski definition) is 1. The van der Waals surface area contributed by atoms with Crippen LogP contribution in [0.1, 0.15) is 0 Å². The van der Waals surface area contributed by atoms with E-state index in [1.165, 1.54) is 30.1 Å². The second kappa shape index (κ2) is 7.27. The van der Waals surface area contributed by atoms with E-state index in [9.17, 15) is 21.4 Å². The monoisotopic (exact) mass is 383 g/mol. The molecular formula is C14H15N4O5S2-. The van der Waals surface area contributed by atoms with Crippen LogP contribution < -0.4 is 10.0 Å². The van der Waals surface area contributed by atoms with Crippen molar-refractivity contribution in [2.24, 2.45) is 15.4 Å². The van der Waals surface area contributed by atoms with Gasteiger partial charge in [-0.25, -0.2) is 22.0 Å². The van der Waals surface area contributed by atoms with E-state index in [-0.39, 0.29) is 4.90 Å². The van der Waals surface area contributed by atoms with E-state index in [1.54, 1.807) is 30.3 Å². The number of rotatable bonds is 6. The smallest absolute Gasteiger partial charge is 0.238 e. The predicted molar refractivity (Wildman–Crippen MR) is 91.4 cm³/mol. The van der Waals surface area contributed by atoms with Gasteiger partial charge in [-0.3, -0.25) is 0 Å². The van der Waals surface area contributed by atoms with Gasteiger partial charge in [-0.15, -0.1) is 0 Å². The van der Waals surface area contributed by atoms with Gasteiger partial charge in [0.1, 0.15) is 16.0 Å². The Kier molecular flexibility index (Phi) is 5.52. The highest BCUT2D eigenvalue weighted by atomic mass is 32.2. The molecule has 0 bridgehead atoms. The largest absolute Gasteiger partial charge is 0.747 e. The third-order valence-corrected chi connectivity index (χ3v) is 4.68. The van der Waals surface area contributed by atoms with Crippen molar-refractivity contribution in [3.63, 3.8) is 0 Å². The van der Waals surface area contributed by atoms with Crippen LogP contribution in [0.15, 0.2) is 63.7 Å². The van der Waals surface area contributed by atoms with Gasteiger partial charge < -0.3 is 9.45 Å². The number of anilines is 1. The normalized spacial score (nSPS) is 12.4. The standard InChI is InChI=1S/C14H16N4O5S2/c1-18(10-24(19,20)21)13-7-5-11(6-8-13)16-17-12-3-2-4-14(9-12)25(15,22)23/h2-9H,10H2,1H3,(H2,15,22,23)(H,19,20,21)/p-1. The maximum absolute atomic E-state index is 11.3. The van der Waals surface area contributed by atoms with Crippen LogP contribution in [-0.2, 0) is 20.1 Å². The highest BCUT2D eigenvalue weighted by molar-refractivity contribution is 7.89. The van der Waals surface area contributed by atoms with E-state index in [0.29, 0.717) is 17.1 Å². The first-order chi connectivity index (χ1) is 11.5. The molecule has 0 atom stereocenters. The lowest BCUT2D eigenvalue weighted by Crippen LogP contribution is -2.25. The summed E-state index contributed by atoms with van der Waals surface area (Å²) in [6, 6.07) is 12.0. The molecule has 0 radical (unpaired) electrons. The van der Waals surface area contributed by atoms with Gasteiger partial charge in [0, 0.05) is 12.7 Å². The Morgan fingerprint density at radius 3 is 2.16 bits per heavy atom. The molecule has 0 fully saturated rings. The van der Waals surface area contributed by atoms with Crippen molar-refractivity contribution < 1.29 is 21.4 Å². The molecule has 0 aromatic heterocycles. The molecule has 2 rings (SSSR count). The second-order valence-electron chi connectivity index (χ2n) is 5.14. The zero-order valence-corrected chi connectivity index (χ0v) is 14.7. The van der Waals surface area contributed by atoms with Gasteiger partial charge in [-0.1, -0.05) is 6.07 Å². The maximum atomic E-state index is 11.3. The topological polar surface area (TPSA) is 145 Å². The quantitative estimate of drug-likeness (QED) is 0.593. The summed E-state index contributed by atoms with van der Waals surface area (Å²) in [6.07, 6.45) is 0. The van der Waals surface area contributed by atoms with Crippen molar-refractivity contribution in [1.29, 1.82) is 0 Å². The summed E-state index contributed by atoms with van der Waals surface area (Å²) in [7, 11) is -6.71. The molecule has 0 amide bonds. The molecule has 0 unspecified atom stereocenters. The predicted octanol–water partition coefficient (Wildman–Crippen LogP) is 1.69. The van der Waals surface area contributed by atoms with E-state index >= 15 is 0 Å². The molecule has 2 N–H and O–H groups in total. The number of benzene rings is 2. The molecule has 0 aliphatic heterocycles. The molecule has 2 aromatic carbocycles. The number of azo groups is 1. The van der Waals surface area contributed by atoms with E-state index in [1.807, 2.05) is 0 Å². The molecule has 0 saturated carbocycles. The Balaban J connectivity index is 2.15. The minimum Gasteiger partial charge on any atom is -0.747 e. The fraction of sp³-hybridized carbons (Fsp3) is 0.143. The first kappa shape index (κ1) is 19.0. The Morgan fingerprint density at radius 1 is 1.00 bits per heavy atom. The molecule has 0 aliphatic carbocycles. The van der Waals surface area contributed by atoms with Crippen molar-refractivity contribution >= 4 is 37.2 Å². The van der Waals surface area contributed by atoms with Crippen LogP contribution in [0.25, 0.3) is 0 Å². The highest BCUT2D eigenvalue weighted by Gasteiger charge is 2.08. The molecule has 0 heterocycles. The second-order valence-corrected chi connectivity index (χ2v) is 8.08. The molecule has 134 valence electrons. The van der Waals surface area contributed by atoms with Crippen LogP contribution in [0.5, 0.6) is 0 Å². The Morgan fingerprint density at radius 2 is 1.60 bits per heavy atom. The Labute approximate surface area is 145 Å². The summed E-state index contributed by atoms with van der Waals surface area (Å²) in [5.41, 5.74) is 1.29. The van der Waals surface area contributed by atoms with Crippen LogP contribution in [0, 0.1) is 0 Å². The number of hydrogen-bond acceptors (Lipinski definition) is 8. The van der Waals surface area contributed by atoms with Crippen molar-refractivity contribution in [3.05, 3.63) is 48.5 Å². The maximum Gasteiger partial charge on any atom is 0.238 e. The lowest BCUT2D eigenvalue weighted by Gasteiger charge is -2.20. The fourth-order valence-electron chi connectivity index (χ4n) is 1.92. The van der Waals surface area contributed by atoms with Gasteiger partial charge in [0.05, 0.1) is 16.3 Å². The van der Waals surface area contributed by atoms with Crippen molar-refractivity contribution in [1.82, 2.24) is 0 Å². The number of sulfonamides is 1. The molecule has 0 aliphatic rings. The zero-order valence-electron chi connectivity index (χ0n) is 13.1. The van der Waals surface area contributed by atoms with Gasteiger partial charge >= 0.3 is 0 Å². The first-order valence-electron chi connectivity index (χ1n) is 6.84. The Hall–Kier alpha value is -2.34. The van der Waals surface area contributed by atoms with Gasteiger partial charge in [-0.2, -0.15) is 10.2 Å². The van der Waals surface area contributed by atoms with Gasteiger partial charge in [0.2, 0.25) is 10.0 Å². The average molecular weight is 383 g/mol. The van der Waals surface area contributed by atoms with Crippen molar-refractivity contribution in [2.45, 2.75) is 4.90 Å². The number of nitrogens with two attached hydrogens (primary N) is 1. The molecular weight excluding hydrogens is 368 g/mol.